The SMILES string of the molecule is CN=C(NCc1ccc(-n2cncn2)cc1)NCc1ccc(C(F)(F)F)cc1. The highest BCUT2D eigenvalue weighted by Gasteiger charge is 2.29. The minimum Gasteiger partial charge on any atom is -0.352 e. The van der Waals surface area contributed by atoms with Gasteiger partial charge in [0.1, 0.15) is 12.7 Å². The van der Waals surface area contributed by atoms with Crippen LogP contribution in [0.25, 0.3) is 5.69 Å². The molecule has 0 atom stereocenters. The Morgan fingerprint density at radius 2 is 1.54 bits per heavy atom. The lowest BCUT2D eigenvalue weighted by Gasteiger charge is -2.13. The molecule has 9 heteroatoms. The van der Waals surface area contributed by atoms with Gasteiger partial charge in [-0.1, -0.05) is 24.3 Å². The molecule has 0 aliphatic heterocycles. The lowest BCUT2D eigenvalue weighted by Crippen LogP contribution is -2.36. The third-order valence-electron chi connectivity index (χ3n) is 4.04. The van der Waals surface area contributed by atoms with Crippen LogP contribution in [0.1, 0.15) is 16.7 Å². The van der Waals surface area contributed by atoms with E-state index in [1.807, 2.05) is 24.3 Å². The highest BCUT2D eigenvalue weighted by molar-refractivity contribution is 5.79. The Bertz CT molecular complexity index is 900. The second-order valence-electron chi connectivity index (χ2n) is 5.98. The van der Waals surface area contributed by atoms with Gasteiger partial charge in [-0.15, -0.1) is 0 Å². The van der Waals surface area contributed by atoms with Crippen LogP contribution in [0, 0.1) is 0 Å². The number of alkyl halides is 3. The summed E-state index contributed by atoms with van der Waals surface area (Å²) in [5.41, 5.74) is 2.02. The molecule has 146 valence electrons. The molecule has 2 N–H and O–H groups in total. The van der Waals surface area contributed by atoms with E-state index in [1.54, 1.807) is 18.1 Å². The van der Waals surface area contributed by atoms with Crippen LogP contribution in [0.3, 0.4) is 0 Å². The number of hydrogen-bond acceptors (Lipinski definition) is 3. The van der Waals surface area contributed by atoms with Crippen LogP contribution in [-0.2, 0) is 19.3 Å². The fraction of sp³-hybridized carbons (Fsp3) is 0.211. The summed E-state index contributed by atoms with van der Waals surface area (Å²) < 4.78 is 39.5. The minimum atomic E-state index is -4.33. The van der Waals surface area contributed by atoms with E-state index >= 15 is 0 Å². The molecular formula is C19H19F3N6. The van der Waals surface area contributed by atoms with Gasteiger partial charge in [-0.25, -0.2) is 9.67 Å². The first-order valence-corrected chi connectivity index (χ1v) is 8.50. The van der Waals surface area contributed by atoms with Gasteiger partial charge in [-0.3, -0.25) is 4.99 Å². The first-order chi connectivity index (χ1) is 13.5. The molecule has 28 heavy (non-hydrogen) atoms. The zero-order chi connectivity index (χ0) is 20.0. The summed E-state index contributed by atoms with van der Waals surface area (Å²) in [6.45, 7) is 0.910. The fourth-order valence-corrected chi connectivity index (χ4v) is 2.51. The number of aliphatic imine (C=N–C) groups is 1. The van der Waals surface area contributed by atoms with Crippen molar-refractivity contribution in [2.75, 3.05) is 7.05 Å². The molecule has 1 aromatic heterocycles. The molecule has 0 saturated carbocycles. The number of rotatable bonds is 5. The van der Waals surface area contributed by atoms with Crippen molar-refractivity contribution in [1.29, 1.82) is 0 Å². The Morgan fingerprint density at radius 1 is 0.964 bits per heavy atom. The summed E-state index contributed by atoms with van der Waals surface area (Å²) in [5.74, 6) is 0.556. The molecule has 0 radical (unpaired) electrons. The predicted octanol–water partition coefficient (Wildman–Crippen LogP) is 3.15. The molecule has 0 fully saturated rings. The van der Waals surface area contributed by atoms with Crippen molar-refractivity contribution in [2.45, 2.75) is 19.3 Å². The van der Waals surface area contributed by atoms with E-state index < -0.39 is 11.7 Å². The highest BCUT2D eigenvalue weighted by atomic mass is 19.4. The molecule has 0 aliphatic carbocycles. The lowest BCUT2D eigenvalue weighted by atomic mass is 10.1. The van der Waals surface area contributed by atoms with E-state index in [0.29, 0.717) is 19.0 Å². The van der Waals surface area contributed by atoms with Crippen molar-refractivity contribution in [1.82, 2.24) is 25.4 Å². The summed E-state index contributed by atoms with van der Waals surface area (Å²) in [6.07, 6.45) is -1.23. The molecule has 0 saturated heterocycles. The van der Waals surface area contributed by atoms with Crippen LogP contribution in [-0.4, -0.2) is 27.8 Å². The maximum absolute atomic E-state index is 12.6. The van der Waals surface area contributed by atoms with Crippen molar-refractivity contribution in [3.63, 3.8) is 0 Å². The smallest absolute Gasteiger partial charge is 0.352 e. The highest BCUT2D eigenvalue weighted by Crippen LogP contribution is 2.29. The summed E-state index contributed by atoms with van der Waals surface area (Å²) >= 11 is 0. The third-order valence-corrected chi connectivity index (χ3v) is 4.04. The molecule has 0 amide bonds. The van der Waals surface area contributed by atoms with Gasteiger partial charge in [0.15, 0.2) is 5.96 Å². The maximum atomic E-state index is 12.6. The monoisotopic (exact) mass is 388 g/mol. The second-order valence-corrected chi connectivity index (χ2v) is 5.98. The van der Waals surface area contributed by atoms with Gasteiger partial charge in [0.2, 0.25) is 0 Å². The average Bonchev–Trinajstić information content (AvgIpc) is 3.23. The predicted molar refractivity (Wildman–Crippen MR) is 99.8 cm³/mol. The number of nitrogens with zero attached hydrogens (tertiary/aromatic N) is 4. The van der Waals surface area contributed by atoms with E-state index in [4.69, 9.17) is 0 Å². The van der Waals surface area contributed by atoms with E-state index in [-0.39, 0.29) is 0 Å². The molecule has 1 heterocycles. The molecule has 6 nitrogen and oxygen atoms in total. The topological polar surface area (TPSA) is 67.1 Å². The van der Waals surface area contributed by atoms with Gasteiger partial charge in [0.25, 0.3) is 0 Å². The van der Waals surface area contributed by atoms with Crippen LogP contribution in [0.4, 0.5) is 13.2 Å². The zero-order valence-corrected chi connectivity index (χ0v) is 15.1. The molecule has 3 rings (SSSR count). The fourth-order valence-electron chi connectivity index (χ4n) is 2.51. The van der Waals surface area contributed by atoms with Crippen molar-refractivity contribution in [2.24, 2.45) is 4.99 Å². The number of aromatic nitrogens is 3. The van der Waals surface area contributed by atoms with Crippen molar-refractivity contribution in [3.8, 4) is 5.69 Å². The Kier molecular flexibility index (Phi) is 5.93. The van der Waals surface area contributed by atoms with Crippen LogP contribution in [0.15, 0.2) is 66.2 Å². The van der Waals surface area contributed by atoms with Crippen LogP contribution in [0.5, 0.6) is 0 Å². The van der Waals surface area contributed by atoms with E-state index in [0.717, 1.165) is 28.9 Å². The standard InChI is InChI=1S/C19H19F3N6/c1-23-18(25-10-14-2-6-16(7-3-14)19(20,21)22)26-11-15-4-8-17(9-5-15)28-13-24-12-27-28/h2-9,12-13H,10-11H2,1H3,(H2,23,25,26). The molecule has 0 unspecified atom stereocenters. The van der Waals surface area contributed by atoms with E-state index in [2.05, 4.69) is 25.7 Å². The van der Waals surface area contributed by atoms with Crippen molar-refractivity contribution in [3.05, 3.63) is 77.9 Å². The second kappa shape index (κ2) is 8.55. The maximum Gasteiger partial charge on any atom is 0.416 e. The molecule has 3 aromatic rings. The Morgan fingerprint density at radius 3 is 2.00 bits per heavy atom. The van der Waals surface area contributed by atoms with Gasteiger partial charge in [-0.05, 0) is 35.4 Å². The molecular weight excluding hydrogens is 369 g/mol. The van der Waals surface area contributed by atoms with Crippen molar-refractivity contribution >= 4 is 5.96 Å². The number of hydrogen-bond donors (Lipinski definition) is 2. The third kappa shape index (κ3) is 5.09. The van der Waals surface area contributed by atoms with Gasteiger partial charge >= 0.3 is 6.18 Å². The first kappa shape index (κ1) is 19.4. The molecule has 0 spiro atoms. The first-order valence-electron chi connectivity index (χ1n) is 8.50. The van der Waals surface area contributed by atoms with Gasteiger partial charge < -0.3 is 10.6 Å². The Hall–Kier alpha value is -3.36. The Balaban J connectivity index is 1.51. The zero-order valence-electron chi connectivity index (χ0n) is 15.1. The minimum absolute atomic E-state index is 0.364. The van der Waals surface area contributed by atoms with E-state index in [9.17, 15) is 13.2 Å². The molecule has 0 aliphatic rings. The van der Waals surface area contributed by atoms with Crippen LogP contribution < -0.4 is 10.6 Å². The normalized spacial score (nSPS) is 12.1. The largest absolute Gasteiger partial charge is 0.416 e. The summed E-state index contributed by atoms with van der Waals surface area (Å²) in [4.78, 5) is 8.04. The van der Waals surface area contributed by atoms with E-state index in [1.165, 1.54) is 18.5 Å². The van der Waals surface area contributed by atoms with Gasteiger partial charge in [0.05, 0.1) is 11.3 Å². The van der Waals surface area contributed by atoms with Crippen LogP contribution >= 0.6 is 0 Å². The summed E-state index contributed by atoms with van der Waals surface area (Å²) in [7, 11) is 1.63. The molecule has 0 bridgehead atoms. The number of benzene rings is 2. The molecule has 2 aromatic carbocycles. The average molecular weight is 388 g/mol. The summed E-state index contributed by atoms with van der Waals surface area (Å²) in [5, 5.41) is 10.3. The quantitative estimate of drug-likeness (QED) is 0.521. The number of guanidine groups is 1. The Labute approximate surface area is 160 Å². The number of halogens is 3. The van der Waals surface area contributed by atoms with Gasteiger partial charge in [-0.2, -0.15) is 18.3 Å². The number of nitrogens with one attached hydrogen (secondary N) is 2. The lowest BCUT2D eigenvalue weighted by molar-refractivity contribution is -0.137. The van der Waals surface area contributed by atoms with Crippen LogP contribution in [0.2, 0.25) is 0 Å². The van der Waals surface area contributed by atoms with Crippen molar-refractivity contribution < 1.29 is 13.2 Å². The summed E-state index contributed by atoms with van der Waals surface area (Å²) in [6, 6.07) is 12.8. The van der Waals surface area contributed by atoms with Gasteiger partial charge in [0, 0.05) is 20.1 Å².